The van der Waals surface area contributed by atoms with Gasteiger partial charge in [0.05, 0.1) is 6.26 Å². The van der Waals surface area contributed by atoms with Crippen LogP contribution >= 0.6 is 0 Å². The van der Waals surface area contributed by atoms with E-state index in [1.807, 2.05) is 6.07 Å². The summed E-state index contributed by atoms with van der Waals surface area (Å²) in [6.45, 7) is 1.96. The zero-order chi connectivity index (χ0) is 9.10. The highest BCUT2D eigenvalue weighted by Crippen LogP contribution is 2.29. The van der Waals surface area contributed by atoms with E-state index in [4.69, 9.17) is 14.9 Å². The third-order valence-corrected chi connectivity index (χ3v) is 2.34. The van der Waals surface area contributed by atoms with Crippen LogP contribution in [0.1, 0.15) is 24.2 Å². The molecule has 0 unspecified atom stereocenters. The zero-order valence-electron chi connectivity index (χ0n) is 7.66. The number of hydrogen-bond donors (Lipinski definition) is 1. The molecule has 1 aromatic rings. The summed E-state index contributed by atoms with van der Waals surface area (Å²) >= 11 is 0. The Balaban J connectivity index is 1.78. The minimum Gasteiger partial charge on any atom is -0.467 e. The molecule has 1 aromatic heterocycles. The molecule has 0 aliphatic heterocycles. The van der Waals surface area contributed by atoms with E-state index < -0.39 is 0 Å². The highest BCUT2D eigenvalue weighted by Gasteiger charge is 2.21. The fourth-order valence-corrected chi connectivity index (χ4v) is 1.28. The Labute approximate surface area is 77.9 Å². The van der Waals surface area contributed by atoms with E-state index >= 15 is 0 Å². The molecule has 0 atom stereocenters. The van der Waals surface area contributed by atoms with Crippen molar-refractivity contribution in [1.82, 2.24) is 0 Å². The van der Waals surface area contributed by atoms with Crippen LogP contribution in [0.25, 0.3) is 0 Å². The first-order chi connectivity index (χ1) is 6.40. The maximum absolute atomic E-state index is 5.52. The molecule has 3 nitrogen and oxygen atoms in total. The first kappa shape index (κ1) is 8.78. The van der Waals surface area contributed by atoms with Crippen molar-refractivity contribution in [1.29, 1.82) is 0 Å². The second-order valence-electron chi connectivity index (χ2n) is 3.53. The number of rotatable bonds is 5. The lowest BCUT2D eigenvalue weighted by atomic mass is 10.2. The van der Waals surface area contributed by atoms with Gasteiger partial charge in [-0.1, -0.05) is 0 Å². The van der Waals surface area contributed by atoms with Gasteiger partial charge < -0.3 is 14.9 Å². The van der Waals surface area contributed by atoms with Gasteiger partial charge in [-0.15, -0.1) is 0 Å². The quantitative estimate of drug-likeness (QED) is 0.751. The molecule has 0 saturated heterocycles. The smallest absolute Gasteiger partial charge is 0.133 e. The molecular weight excluding hydrogens is 166 g/mol. The van der Waals surface area contributed by atoms with Crippen LogP contribution in [0.3, 0.4) is 0 Å². The van der Waals surface area contributed by atoms with Crippen molar-refractivity contribution in [2.45, 2.75) is 26.0 Å². The van der Waals surface area contributed by atoms with Crippen molar-refractivity contribution in [3.8, 4) is 0 Å². The molecule has 0 spiro atoms. The van der Waals surface area contributed by atoms with Crippen LogP contribution in [0, 0.1) is 5.92 Å². The van der Waals surface area contributed by atoms with E-state index in [0.717, 1.165) is 23.8 Å². The summed E-state index contributed by atoms with van der Waals surface area (Å²) in [7, 11) is 0. The molecule has 0 aromatic carbocycles. The Hall–Kier alpha value is -0.800. The molecule has 1 aliphatic carbocycles. The predicted octanol–water partition coefficient (Wildman–Crippen LogP) is 1.66. The van der Waals surface area contributed by atoms with Crippen LogP contribution in [-0.4, -0.2) is 6.61 Å². The minimum absolute atomic E-state index is 0.526. The average molecular weight is 181 g/mol. The number of hydrogen-bond acceptors (Lipinski definition) is 3. The van der Waals surface area contributed by atoms with Gasteiger partial charge in [0.1, 0.15) is 12.4 Å². The van der Waals surface area contributed by atoms with Crippen molar-refractivity contribution in [2.75, 3.05) is 6.61 Å². The number of furan rings is 1. The lowest BCUT2D eigenvalue weighted by Gasteiger charge is -2.01. The monoisotopic (exact) mass is 181 g/mol. The third kappa shape index (κ3) is 2.32. The summed E-state index contributed by atoms with van der Waals surface area (Å²) < 4.78 is 10.7. The van der Waals surface area contributed by atoms with Crippen LogP contribution in [0.15, 0.2) is 16.7 Å². The molecule has 2 N–H and O–H groups in total. The molecule has 1 heterocycles. The molecule has 1 saturated carbocycles. The van der Waals surface area contributed by atoms with Crippen molar-refractivity contribution in [3.05, 3.63) is 23.7 Å². The van der Waals surface area contributed by atoms with Gasteiger partial charge in [0.15, 0.2) is 0 Å². The predicted molar refractivity (Wildman–Crippen MR) is 49.0 cm³/mol. The summed E-state index contributed by atoms with van der Waals surface area (Å²) in [6, 6.07) is 1.90. The van der Waals surface area contributed by atoms with Gasteiger partial charge in [0.2, 0.25) is 0 Å². The topological polar surface area (TPSA) is 48.4 Å². The lowest BCUT2D eigenvalue weighted by molar-refractivity contribution is 0.0965. The van der Waals surface area contributed by atoms with Gasteiger partial charge in [-0.05, 0) is 24.8 Å². The molecule has 0 amide bonds. The van der Waals surface area contributed by atoms with Crippen LogP contribution in [0.4, 0.5) is 0 Å². The summed E-state index contributed by atoms with van der Waals surface area (Å²) in [5.74, 6) is 1.68. The van der Waals surface area contributed by atoms with Gasteiger partial charge >= 0.3 is 0 Å². The first-order valence-electron chi connectivity index (χ1n) is 4.73. The third-order valence-electron chi connectivity index (χ3n) is 2.34. The van der Waals surface area contributed by atoms with E-state index in [1.165, 1.54) is 12.8 Å². The van der Waals surface area contributed by atoms with E-state index in [2.05, 4.69) is 0 Å². The van der Waals surface area contributed by atoms with Crippen molar-refractivity contribution < 1.29 is 9.15 Å². The van der Waals surface area contributed by atoms with Crippen molar-refractivity contribution in [3.63, 3.8) is 0 Å². The van der Waals surface area contributed by atoms with Gasteiger partial charge in [-0.3, -0.25) is 0 Å². The van der Waals surface area contributed by atoms with Crippen LogP contribution in [0.2, 0.25) is 0 Å². The van der Waals surface area contributed by atoms with Gasteiger partial charge in [0, 0.05) is 18.7 Å². The molecule has 72 valence electrons. The fourth-order valence-electron chi connectivity index (χ4n) is 1.28. The molecule has 1 aliphatic rings. The molecule has 1 fully saturated rings. The van der Waals surface area contributed by atoms with E-state index in [0.29, 0.717) is 13.2 Å². The van der Waals surface area contributed by atoms with E-state index in [1.54, 1.807) is 6.26 Å². The molecule has 3 heteroatoms. The van der Waals surface area contributed by atoms with Crippen LogP contribution in [0.5, 0.6) is 0 Å². The molecular formula is C10H15NO2. The van der Waals surface area contributed by atoms with Crippen LogP contribution < -0.4 is 5.73 Å². The molecule has 0 radical (unpaired) electrons. The largest absolute Gasteiger partial charge is 0.467 e. The highest BCUT2D eigenvalue weighted by molar-refractivity contribution is 5.15. The Morgan fingerprint density at radius 3 is 3.08 bits per heavy atom. The second kappa shape index (κ2) is 3.94. The standard InChI is InChI=1S/C10H15NO2/c11-5-9-3-4-13-10(9)7-12-6-8-1-2-8/h3-4,8H,1-2,5-7,11H2. The SMILES string of the molecule is NCc1ccoc1COCC1CC1. The normalized spacial score (nSPS) is 16.4. The highest BCUT2D eigenvalue weighted by atomic mass is 16.5. The van der Waals surface area contributed by atoms with Crippen molar-refractivity contribution >= 4 is 0 Å². The van der Waals surface area contributed by atoms with Gasteiger partial charge in [0.25, 0.3) is 0 Å². The van der Waals surface area contributed by atoms with Gasteiger partial charge in [-0.2, -0.15) is 0 Å². The lowest BCUT2D eigenvalue weighted by Crippen LogP contribution is -2.01. The minimum atomic E-state index is 0.526. The Morgan fingerprint density at radius 2 is 2.38 bits per heavy atom. The average Bonchev–Trinajstić information content (AvgIpc) is 2.84. The van der Waals surface area contributed by atoms with Crippen LogP contribution in [-0.2, 0) is 17.9 Å². The fraction of sp³-hybridized carbons (Fsp3) is 0.600. The summed E-state index contributed by atoms with van der Waals surface area (Å²) in [5.41, 5.74) is 6.58. The van der Waals surface area contributed by atoms with Gasteiger partial charge in [-0.25, -0.2) is 0 Å². The Bertz CT molecular complexity index is 266. The maximum Gasteiger partial charge on any atom is 0.133 e. The summed E-state index contributed by atoms with van der Waals surface area (Å²) in [4.78, 5) is 0. The Kier molecular flexibility index (Phi) is 2.66. The maximum atomic E-state index is 5.52. The van der Waals surface area contributed by atoms with Crippen molar-refractivity contribution in [2.24, 2.45) is 11.7 Å². The number of ether oxygens (including phenoxy) is 1. The first-order valence-corrected chi connectivity index (χ1v) is 4.73. The second-order valence-corrected chi connectivity index (χ2v) is 3.53. The van der Waals surface area contributed by atoms with E-state index in [-0.39, 0.29) is 0 Å². The summed E-state index contributed by atoms with van der Waals surface area (Å²) in [5, 5.41) is 0. The van der Waals surface area contributed by atoms with E-state index in [9.17, 15) is 0 Å². The molecule has 13 heavy (non-hydrogen) atoms. The number of nitrogens with two attached hydrogens (primary N) is 1. The summed E-state index contributed by atoms with van der Waals surface area (Å²) in [6.07, 6.45) is 4.31. The Morgan fingerprint density at radius 1 is 1.54 bits per heavy atom. The molecule has 0 bridgehead atoms. The zero-order valence-corrected chi connectivity index (χ0v) is 7.66. The molecule has 2 rings (SSSR count).